The van der Waals surface area contributed by atoms with Gasteiger partial charge in [0.2, 0.25) is 11.6 Å². The average molecular weight is 446 g/mol. The van der Waals surface area contributed by atoms with Crippen molar-refractivity contribution in [2.45, 2.75) is 25.7 Å². The largest absolute Gasteiger partial charge is 0.288 e. The summed E-state index contributed by atoms with van der Waals surface area (Å²) in [6, 6.07) is 33.5. The maximum absolute atomic E-state index is 12.5. The Labute approximate surface area is 201 Å². The van der Waals surface area contributed by atoms with E-state index in [1.807, 2.05) is 36.5 Å². The van der Waals surface area contributed by atoms with Crippen LogP contribution >= 0.6 is 0 Å². The van der Waals surface area contributed by atoms with Crippen molar-refractivity contribution >= 4 is 33.8 Å². The minimum atomic E-state index is -0.262. The zero-order valence-corrected chi connectivity index (χ0v) is 19.9. The number of fused-ring (bicyclic) bond motifs is 3. The molecular weight excluding hydrogens is 416 g/mol. The van der Waals surface area contributed by atoms with Gasteiger partial charge in [-0.3, -0.25) is 9.69 Å². The molecule has 0 saturated heterocycles. The van der Waals surface area contributed by atoms with Gasteiger partial charge in [-0.15, -0.1) is 0 Å². The number of amides is 1. The summed E-state index contributed by atoms with van der Waals surface area (Å²) in [6.45, 7) is 3.93. The van der Waals surface area contributed by atoms with Crippen molar-refractivity contribution in [1.82, 2.24) is 0 Å². The molecule has 0 spiro atoms. The highest BCUT2D eigenvalue weighted by Gasteiger charge is 2.47. The molecule has 34 heavy (non-hydrogen) atoms. The first-order valence-corrected chi connectivity index (χ1v) is 11.7. The van der Waals surface area contributed by atoms with Gasteiger partial charge in [-0.25, -0.2) is 0 Å². The second kappa shape index (κ2) is 8.75. The van der Waals surface area contributed by atoms with Crippen LogP contribution < -0.4 is 4.90 Å². The third-order valence-corrected chi connectivity index (χ3v) is 6.90. The molecule has 0 radical (unpaired) electrons. The second-order valence-electron chi connectivity index (χ2n) is 9.16. The minimum absolute atomic E-state index is 0.0172. The number of para-hydroxylation sites is 1. The zero-order chi connectivity index (χ0) is 23.7. The number of allylic oxidation sites excluding steroid dienone is 1. The first-order chi connectivity index (χ1) is 16.5. The fourth-order valence-electron chi connectivity index (χ4n) is 5.33. The van der Waals surface area contributed by atoms with E-state index in [1.165, 1.54) is 33.3 Å². The summed E-state index contributed by atoms with van der Waals surface area (Å²) in [5.74, 6) is -0.0172. The normalized spacial score (nSPS) is 17.4. The summed E-state index contributed by atoms with van der Waals surface area (Å²) in [4.78, 5) is 14.2. The van der Waals surface area contributed by atoms with Crippen LogP contribution in [0.3, 0.4) is 0 Å². The Morgan fingerprint density at radius 2 is 1.53 bits per heavy atom. The van der Waals surface area contributed by atoms with Crippen LogP contribution in [0.2, 0.25) is 0 Å². The van der Waals surface area contributed by atoms with Gasteiger partial charge < -0.3 is 0 Å². The van der Waals surface area contributed by atoms with Crippen molar-refractivity contribution in [2.75, 3.05) is 11.9 Å². The molecule has 4 aromatic carbocycles. The van der Waals surface area contributed by atoms with E-state index in [-0.39, 0.29) is 11.3 Å². The SMILES string of the molecule is CC(=O)N(/C=C/C1=[N+](C)c2ccc3ccccc3c2C1(C)Cc1ccccc1)c1ccccc1. The number of hydrogen-bond acceptors (Lipinski definition) is 1. The van der Waals surface area contributed by atoms with E-state index >= 15 is 0 Å². The summed E-state index contributed by atoms with van der Waals surface area (Å²) in [5, 5.41) is 2.52. The van der Waals surface area contributed by atoms with Crippen LogP contribution in [0.15, 0.2) is 109 Å². The lowest BCUT2D eigenvalue weighted by Gasteiger charge is -2.24. The fraction of sp³-hybridized carbons (Fsp3) is 0.161. The van der Waals surface area contributed by atoms with Crippen molar-refractivity contribution in [2.24, 2.45) is 0 Å². The highest BCUT2D eigenvalue weighted by Crippen LogP contribution is 2.45. The molecule has 4 aromatic rings. The van der Waals surface area contributed by atoms with Gasteiger partial charge in [-0.1, -0.05) is 72.8 Å². The number of nitrogens with zero attached hydrogens (tertiary/aromatic N) is 2. The summed E-state index contributed by atoms with van der Waals surface area (Å²) in [5.41, 5.74) is 5.61. The first-order valence-electron chi connectivity index (χ1n) is 11.7. The molecule has 0 aliphatic carbocycles. The lowest BCUT2D eigenvalue weighted by molar-refractivity contribution is -0.401. The van der Waals surface area contributed by atoms with E-state index in [0.29, 0.717) is 0 Å². The fourth-order valence-corrected chi connectivity index (χ4v) is 5.33. The molecule has 168 valence electrons. The zero-order valence-electron chi connectivity index (χ0n) is 19.9. The van der Waals surface area contributed by atoms with Crippen LogP contribution in [-0.4, -0.2) is 23.2 Å². The van der Waals surface area contributed by atoms with E-state index in [2.05, 4.69) is 91.4 Å². The second-order valence-corrected chi connectivity index (χ2v) is 9.16. The summed E-state index contributed by atoms with van der Waals surface area (Å²) in [6.07, 6.45) is 4.90. The molecule has 0 N–H and O–H groups in total. The third-order valence-electron chi connectivity index (χ3n) is 6.90. The molecule has 0 aromatic heterocycles. The monoisotopic (exact) mass is 445 g/mol. The molecule has 0 saturated carbocycles. The molecule has 1 atom stereocenters. The van der Waals surface area contributed by atoms with Crippen molar-refractivity contribution in [3.05, 3.63) is 120 Å². The van der Waals surface area contributed by atoms with Gasteiger partial charge in [0, 0.05) is 36.5 Å². The molecule has 3 heteroatoms. The molecule has 1 aliphatic heterocycles. The van der Waals surface area contributed by atoms with Crippen molar-refractivity contribution in [3.8, 4) is 0 Å². The van der Waals surface area contributed by atoms with Crippen LogP contribution in [0, 0.1) is 0 Å². The smallest absolute Gasteiger partial charge is 0.227 e. The predicted molar refractivity (Wildman–Crippen MR) is 141 cm³/mol. The average Bonchev–Trinajstić information content (AvgIpc) is 3.07. The van der Waals surface area contributed by atoms with Crippen LogP contribution in [-0.2, 0) is 16.6 Å². The maximum atomic E-state index is 12.5. The van der Waals surface area contributed by atoms with E-state index in [0.717, 1.165) is 12.1 Å². The Kier molecular flexibility index (Phi) is 5.62. The summed E-state index contributed by atoms with van der Waals surface area (Å²) in [7, 11) is 2.13. The predicted octanol–water partition coefficient (Wildman–Crippen LogP) is 6.64. The molecule has 3 nitrogen and oxygen atoms in total. The number of anilines is 1. The highest BCUT2D eigenvalue weighted by molar-refractivity contribution is 6.08. The number of hydrogen-bond donors (Lipinski definition) is 0. The quantitative estimate of drug-likeness (QED) is 0.316. The summed E-state index contributed by atoms with van der Waals surface area (Å²) >= 11 is 0. The van der Waals surface area contributed by atoms with Gasteiger partial charge in [-0.05, 0) is 47.9 Å². The van der Waals surface area contributed by atoms with Gasteiger partial charge in [-0.2, -0.15) is 4.58 Å². The first kappa shape index (κ1) is 21.8. The standard InChI is InChI=1S/C31H29N2O/c1-23(34)33(26-15-8-5-9-16-26)21-20-29-31(2,22-24-12-6-4-7-13-24)30-27-17-11-10-14-25(27)18-19-28(30)32(29)3/h4-21H,22H2,1-3H3/q+1. The van der Waals surface area contributed by atoms with Crippen molar-refractivity contribution < 1.29 is 9.37 Å². The summed E-state index contributed by atoms with van der Waals surface area (Å²) < 4.78 is 2.28. The van der Waals surface area contributed by atoms with Crippen LogP contribution in [0.25, 0.3) is 10.8 Å². The molecule has 0 bridgehead atoms. The Morgan fingerprint density at radius 3 is 2.24 bits per heavy atom. The van der Waals surface area contributed by atoms with Gasteiger partial charge >= 0.3 is 0 Å². The van der Waals surface area contributed by atoms with Crippen LogP contribution in [0.5, 0.6) is 0 Å². The molecule has 0 fully saturated rings. The lowest BCUT2D eigenvalue weighted by Crippen LogP contribution is -2.34. The van der Waals surface area contributed by atoms with Crippen molar-refractivity contribution in [1.29, 1.82) is 0 Å². The Hall–Kier alpha value is -3.98. The Bertz CT molecular complexity index is 1420. The molecule has 1 unspecified atom stereocenters. The highest BCUT2D eigenvalue weighted by atomic mass is 16.2. The lowest BCUT2D eigenvalue weighted by atomic mass is 9.73. The van der Waals surface area contributed by atoms with E-state index < -0.39 is 0 Å². The van der Waals surface area contributed by atoms with Gasteiger partial charge in [0.15, 0.2) is 5.71 Å². The number of rotatable bonds is 5. The molecule has 1 heterocycles. The molecule has 1 aliphatic rings. The van der Waals surface area contributed by atoms with Gasteiger partial charge in [0.25, 0.3) is 0 Å². The number of carbonyl (C=O) groups is 1. The van der Waals surface area contributed by atoms with Gasteiger partial charge in [0.1, 0.15) is 7.05 Å². The topological polar surface area (TPSA) is 23.3 Å². The van der Waals surface area contributed by atoms with Gasteiger partial charge in [0.05, 0.1) is 5.41 Å². The molecule has 5 rings (SSSR count). The van der Waals surface area contributed by atoms with E-state index in [9.17, 15) is 4.79 Å². The third kappa shape index (κ3) is 3.73. The van der Waals surface area contributed by atoms with Crippen LogP contribution in [0.1, 0.15) is 25.0 Å². The van der Waals surface area contributed by atoms with E-state index in [1.54, 1.807) is 11.8 Å². The molecular formula is C31H29N2O+. The number of carbonyl (C=O) groups excluding carboxylic acids is 1. The Morgan fingerprint density at radius 1 is 0.882 bits per heavy atom. The Balaban J connectivity index is 1.67. The minimum Gasteiger partial charge on any atom is -0.288 e. The molecule has 1 amide bonds. The van der Waals surface area contributed by atoms with Crippen molar-refractivity contribution in [3.63, 3.8) is 0 Å². The number of benzene rings is 4. The van der Waals surface area contributed by atoms with Crippen LogP contribution in [0.4, 0.5) is 11.4 Å². The maximum Gasteiger partial charge on any atom is 0.227 e. The van der Waals surface area contributed by atoms with E-state index in [4.69, 9.17) is 0 Å².